The van der Waals surface area contributed by atoms with Crippen LogP contribution in [0.2, 0.25) is 0 Å². The molecule has 4 rings (SSSR count). The standard InChI is InChI=1S/C23H22O12/c1-31-12-6-4-3-5-9(12)13-7-10(24)15-11(25)8-14(19(32-2)20(15)33-13)34-23-18(28)16(26)17(27)21(35-23)22(29)30/h3-8,16-18,21,23,25-28H,1-2H3,(H,29,30)/t16-,17-,18?,21?,23+/m0/s1. The van der Waals surface area contributed by atoms with Gasteiger partial charge in [0.25, 0.3) is 0 Å². The highest BCUT2D eigenvalue weighted by molar-refractivity contribution is 5.92. The van der Waals surface area contributed by atoms with Gasteiger partial charge in [-0.1, -0.05) is 12.1 Å². The number of carboxylic acid groups (broad SMARTS) is 1. The summed E-state index contributed by atoms with van der Waals surface area (Å²) in [5.41, 5.74) is -0.376. The topological polar surface area (TPSA) is 185 Å². The van der Waals surface area contributed by atoms with Crippen LogP contribution in [0.3, 0.4) is 0 Å². The van der Waals surface area contributed by atoms with Crippen molar-refractivity contribution in [2.45, 2.75) is 30.7 Å². The van der Waals surface area contributed by atoms with Gasteiger partial charge >= 0.3 is 5.97 Å². The van der Waals surface area contributed by atoms with E-state index in [1.54, 1.807) is 24.3 Å². The summed E-state index contributed by atoms with van der Waals surface area (Å²) in [4.78, 5) is 24.2. The number of methoxy groups -OCH3 is 2. The molecule has 1 fully saturated rings. The molecule has 12 heteroatoms. The minimum atomic E-state index is -1.92. The zero-order valence-electron chi connectivity index (χ0n) is 18.4. The Hall–Kier alpha value is -3.84. The van der Waals surface area contributed by atoms with Gasteiger partial charge in [-0.05, 0) is 12.1 Å². The van der Waals surface area contributed by atoms with Gasteiger partial charge in [-0.2, -0.15) is 0 Å². The lowest BCUT2D eigenvalue weighted by Crippen LogP contribution is -2.61. The Morgan fingerprint density at radius 2 is 1.69 bits per heavy atom. The Morgan fingerprint density at radius 1 is 0.971 bits per heavy atom. The number of aliphatic hydroxyl groups excluding tert-OH is 3. The molecule has 2 aromatic carbocycles. The molecule has 0 saturated carbocycles. The van der Waals surface area contributed by atoms with Crippen LogP contribution in [-0.4, -0.2) is 76.4 Å². The number of phenolic OH excluding ortho intramolecular Hbond substituents is 1. The number of aromatic hydroxyl groups is 1. The highest BCUT2D eigenvalue weighted by Gasteiger charge is 2.48. The monoisotopic (exact) mass is 490 g/mol. The molecule has 0 radical (unpaired) electrons. The molecule has 5 atom stereocenters. The number of hydrogen-bond acceptors (Lipinski definition) is 11. The normalized spacial score (nSPS) is 24.2. The lowest BCUT2D eigenvalue weighted by atomic mass is 9.99. The number of fused-ring (bicyclic) bond motifs is 1. The van der Waals surface area contributed by atoms with Crippen LogP contribution in [0.4, 0.5) is 0 Å². The average molecular weight is 490 g/mol. The molecule has 0 spiro atoms. The van der Waals surface area contributed by atoms with Gasteiger partial charge in [-0.3, -0.25) is 4.79 Å². The van der Waals surface area contributed by atoms with Crippen LogP contribution in [0.5, 0.6) is 23.0 Å². The smallest absolute Gasteiger partial charge is 0.335 e. The van der Waals surface area contributed by atoms with E-state index in [1.165, 1.54) is 20.3 Å². The minimum absolute atomic E-state index is 0.0910. The fraction of sp³-hybridized carbons (Fsp3) is 0.304. The molecule has 1 aliphatic rings. The van der Waals surface area contributed by atoms with E-state index in [1.807, 2.05) is 0 Å². The number of rotatable bonds is 6. The third-order valence-corrected chi connectivity index (χ3v) is 5.53. The van der Waals surface area contributed by atoms with Crippen LogP contribution in [0.15, 0.2) is 45.6 Å². The van der Waals surface area contributed by atoms with Gasteiger partial charge in [0.1, 0.15) is 41.0 Å². The van der Waals surface area contributed by atoms with Crippen LogP contribution >= 0.6 is 0 Å². The van der Waals surface area contributed by atoms with Gasteiger partial charge in [0.05, 0.1) is 19.8 Å². The van der Waals surface area contributed by atoms with E-state index in [9.17, 15) is 35.1 Å². The van der Waals surface area contributed by atoms with Crippen LogP contribution < -0.4 is 19.6 Å². The summed E-state index contributed by atoms with van der Waals surface area (Å²) in [5, 5.41) is 49.7. The number of ether oxygens (including phenoxy) is 4. The average Bonchev–Trinajstić information content (AvgIpc) is 2.83. The fourth-order valence-electron chi connectivity index (χ4n) is 3.81. The van der Waals surface area contributed by atoms with Crippen LogP contribution in [0, 0.1) is 0 Å². The van der Waals surface area contributed by atoms with E-state index in [4.69, 9.17) is 23.4 Å². The molecule has 186 valence electrons. The van der Waals surface area contributed by atoms with Crippen molar-refractivity contribution >= 4 is 16.9 Å². The Labute approximate surface area is 197 Å². The SMILES string of the molecule is COc1ccccc1-c1cc(=O)c2c(O)cc(O[C@@H]3OC(C(=O)O)[C@@H](O)[C@H](O)C3O)c(OC)c2o1. The Kier molecular flexibility index (Phi) is 6.54. The predicted octanol–water partition coefficient (Wildman–Crippen LogP) is 0.454. The maximum absolute atomic E-state index is 12.9. The summed E-state index contributed by atoms with van der Waals surface area (Å²) in [6.45, 7) is 0. The zero-order chi connectivity index (χ0) is 25.4. The third-order valence-electron chi connectivity index (χ3n) is 5.53. The zero-order valence-corrected chi connectivity index (χ0v) is 18.4. The van der Waals surface area contributed by atoms with E-state index in [2.05, 4.69) is 0 Å². The molecule has 2 heterocycles. The summed E-state index contributed by atoms with van der Waals surface area (Å²) >= 11 is 0. The van der Waals surface area contributed by atoms with E-state index in [-0.39, 0.29) is 28.2 Å². The molecule has 3 aromatic rings. The van der Waals surface area contributed by atoms with Crippen LogP contribution in [-0.2, 0) is 9.53 Å². The summed E-state index contributed by atoms with van der Waals surface area (Å²) in [6, 6.07) is 8.91. The first-order valence-electron chi connectivity index (χ1n) is 10.3. The first-order valence-corrected chi connectivity index (χ1v) is 10.3. The molecule has 12 nitrogen and oxygen atoms in total. The molecule has 1 aromatic heterocycles. The quantitative estimate of drug-likeness (QED) is 0.322. The van der Waals surface area contributed by atoms with Crippen molar-refractivity contribution in [3.63, 3.8) is 0 Å². The summed E-state index contributed by atoms with van der Waals surface area (Å²) in [5.74, 6) is -2.14. The van der Waals surface area contributed by atoms with E-state index < -0.39 is 47.9 Å². The largest absolute Gasteiger partial charge is 0.507 e. The molecule has 1 saturated heterocycles. The number of benzene rings is 2. The highest BCUT2D eigenvalue weighted by Crippen LogP contribution is 2.43. The van der Waals surface area contributed by atoms with Crippen molar-refractivity contribution < 1.29 is 53.7 Å². The minimum Gasteiger partial charge on any atom is -0.507 e. The lowest BCUT2D eigenvalue weighted by Gasteiger charge is -2.38. The second kappa shape index (κ2) is 9.43. The van der Waals surface area contributed by atoms with Crippen molar-refractivity contribution in [3.05, 3.63) is 46.6 Å². The number of carboxylic acids is 1. The molecule has 0 aliphatic carbocycles. The van der Waals surface area contributed by atoms with Gasteiger partial charge in [0, 0.05) is 12.1 Å². The number of para-hydroxylation sites is 1. The Balaban J connectivity index is 1.84. The van der Waals surface area contributed by atoms with E-state index >= 15 is 0 Å². The number of carbonyl (C=O) groups is 1. The van der Waals surface area contributed by atoms with Crippen molar-refractivity contribution in [1.29, 1.82) is 0 Å². The van der Waals surface area contributed by atoms with Gasteiger partial charge in [-0.25, -0.2) is 4.79 Å². The molecule has 0 bridgehead atoms. The summed E-state index contributed by atoms with van der Waals surface area (Å²) in [6.07, 6.45) is -9.39. The number of hydrogen-bond donors (Lipinski definition) is 5. The first-order chi connectivity index (χ1) is 16.7. The first kappa shape index (κ1) is 24.3. The van der Waals surface area contributed by atoms with Gasteiger partial charge < -0.3 is 48.9 Å². The van der Waals surface area contributed by atoms with Crippen molar-refractivity contribution in [2.75, 3.05) is 14.2 Å². The van der Waals surface area contributed by atoms with Crippen molar-refractivity contribution in [2.24, 2.45) is 0 Å². The third kappa shape index (κ3) is 4.23. The Bertz CT molecular complexity index is 1320. The second-order valence-electron chi connectivity index (χ2n) is 7.66. The van der Waals surface area contributed by atoms with Crippen molar-refractivity contribution in [1.82, 2.24) is 0 Å². The summed E-state index contributed by atoms with van der Waals surface area (Å²) in [7, 11) is 2.67. The molecule has 2 unspecified atom stereocenters. The second-order valence-corrected chi connectivity index (χ2v) is 7.66. The van der Waals surface area contributed by atoms with Crippen molar-refractivity contribution in [3.8, 4) is 34.3 Å². The van der Waals surface area contributed by atoms with Crippen LogP contribution in [0.25, 0.3) is 22.3 Å². The van der Waals surface area contributed by atoms with Gasteiger partial charge in [0.15, 0.2) is 22.9 Å². The predicted molar refractivity (Wildman–Crippen MR) is 118 cm³/mol. The molecular formula is C23H22O12. The lowest BCUT2D eigenvalue weighted by molar-refractivity contribution is -0.271. The molecule has 1 aliphatic heterocycles. The Morgan fingerprint density at radius 3 is 2.34 bits per heavy atom. The van der Waals surface area contributed by atoms with E-state index in [0.29, 0.717) is 11.3 Å². The summed E-state index contributed by atoms with van der Waals surface area (Å²) < 4.78 is 27.2. The molecule has 0 amide bonds. The highest BCUT2D eigenvalue weighted by atomic mass is 16.7. The maximum Gasteiger partial charge on any atom is 0.335 e. The van der Waals surface area contributed by atoms with Gasteiger partial charge in [0.2, 0.25) is 12.0 Å². The molecular weight excluding hydrogens is 468 g/mol. The number of aliphatic hydroxyl groups is 3. The van der Waals surface area contributed by atoms with E-state index in [0.717, 1.165) is 6.07 Å². The maximum atomic E-state index is 12.9. The fourth-order valence-corrected chi connectivity index (χ4v) is 3.81. The molecule has 35 heavy (non-hydrogen) atoms. The number of phenols is 1. The molecule has 5 N–H and O–H groups in total. The number of aliphatic carboxylic acids is 1. The van der Waals surface area contributed by atoms with Crippen LogP contribution in [0.1, 0.15) is 0 Å². The van der Waals surface area contributed by atoms with Gasteiger partial charge in [-0.15, -0.1) is 0 Å².